The molecular weight excluding hydrogens is 659 g/mol. The van der Waals surface area contributed by atoms with E-state index in [1.165, 1.54) is 27.1 Å². The second-order valence-corrected chi connectivity index (χ2v) is 15.5. The average Bonchev–Trinajstić information content (AvgIpc) is 3.71. The Morgan fingerprint density at radius 1 is 0.863 bits per heavy atom. The minimum Gasteiger partial charge on any atom is -0.508 e. The Morgan fingerprint density at radius 3 is 2.45 bits per heavy atom. The van der Waals surface area contributed by atoms with E-state index in [0.717, 1.165) is 75.0 Å². The monoisotopic (exact) mass is 703 g/mol. The number of unbranched alkanes of at least 4 members (excludes halogenated alkanes) is 1. The van der Waals surface area contributed by atoms with Crippen molar-refractivity contribution in [1.29, 1.82) is 0 Å². The van der Waals surface area contributed by atoms with Crippen molar-refractivity contribution in [2.75, 3.05) is 26.2 Å². The molecule has 8 nitrogen and oxygen atoms in total. The lowest BCUT2D eigenvalue weighted by Crippen LogP contribution is -2.52. The van der Waals surface area contributed by atoms with Crippen LogP contribution in [0.4, 0.5) is 0 Å². The molecule has 4 aromatic rings. The summed E-state index contributed by atoms with van der Waals surface area (Å²) in [4.78, 5) is 42.7. The normalized spacial score (nSPS) is 22.5. The van der Waals surface area contributed by atoms with Gasteiger partial charge in [0, 0.05) is 29.1 Å². The molecule has 1 aromatic heterocycles. The molecule has 4 aliphatic rings. The number of aryl methyl sites for hydroxylation is 1. The molecule has 4 heterocycles. The number of phenolic OH excluding ortho intramolecular Hbond substituents is 1. The molecule has 264 valence electrons. The molecule has 3 aromatic carbocycles. The van der Waals surface area contributed by atoms with Crippen LogP contribution in [0.1, 0.15) is 106 Å². The van der Waals surface area contributed by atoms with Gasteiger partial charge in [0.2, 0.25) is 11.8 Å². The average molecular weight is 704 g/mol. The Morgan fingerprint density at radius 2 is 1.67 bits per heavy atom. The molecule has 2 N–H and O–H groups in total. The maximum atomic E-state index is 13.2. The fourth-order valence-corrected chi connectivity index (χ4v) is 10.0. The molecule has 3 amide bonds. The Hall–Kier alpha value is -4.47. The van der Waals surface area contributed by atoms with Crippen LogP contribution < -0.4 is 10.1 Å². The van der Waals surface area contributed by atoms with E-state index in [9.17, 15) is 19.5 Å². The van der Waals surface area contributed by atoms with Crippen molar-refractivity contribution < 1.29 is 24.2 Å². The molecule has 9 heteroatoms. The van der Waals surface area contributed by atoms with Crippen molar-refractivity contribution in [3.63, 3.8) is 0 Å². The number of phenols is 1. The number of likely N-dealkylation sites (tertiary alicyclic amines) is 1. The Labute approximate surface area is 303 Å². The van der Waals surface area contributed by atoms with Crippen molar-refractivity contribution in [2.24, 2.45) is 0 Å². The van der Waals surface area contributed by atoms with Crippen LogP contribution in [-0.4, -0.2) is 64.9 Å². The van der Waals surface area contributed by atoms with Crippen LogP contribution >= 0.6 is 11.3 Å². The molecule has 51 heavy (non-hydrogen) atoms. The van der Waals surface area contributed by atoms with Gasteiger partial charge in [-0.2, -0.15) is 0 Å². The van der Waals surface area contributed by atoms with Crippen LogP contribution in [0.25, 0.3) is 0 Å². The number of hydrogen-bond donors (Lipinski definition) is 2. The van der Waals surface area contributed by atoms with Crippen molar-refractivity contribution >= 4 is 29.1 Å². The second-order valence-electron chi connectivity index (χ2n) is 14.5. The maximum absolute atomic E-state index is 13.2. The molecule has 2 saturated heterocycles. The van der Waals surface area contributed by atoms with Crippen LogP contribution in [0, 0.1) is 0 Å². The molecular formula is C42H45N3O5S. The molecule has 3 atom stereocenters. The van der Waals surface area contributed by atoms with Gasteiger partial charge in [-0.15, -0.1) is 11.3 Å². The number of nitrogens with zero attached hydrogens (tertiary/aromatic N) is 2. The summed E-state index contributed by atoms with van der Waals surface area (Å²) in [6, 6.07) is 24.7. The highest BCUT2D eigenvalue weighted by atomic mass is 32.1. The number of hydrogen-bond acceptors (Lipinski definition) is 7. The van der Waals surface area contributed by atoms with E-state index >= 15 is 0 Å². The zero-order valence-electron chi connectivity index (χ0n) is 28.9. The number of piperidine rings is 2. The third kappa shape index (κ3) is 6.94. The number of carbonyl (C=O) groups excluding carboxylic acids is 3. The molecule has 0 bridgehead atoms. The largest absolute Gasteiger partial charge is 0.508 e. The molecule has 8 rings (SSSR count). The Bertz CT molecular complexity index is 1900. The minimum atomic E-state index is -0.560. The van der Waals surface area contributed by atoms with E-state index < -0.39 is 6.04 Å². The zero-order valence-corrected chi connectivity index (χ0v) is 29.7. The summed E-state index contributed by atoms with van der Waals surface area (Å²) in [6.07, 6.45) is 6.89. The quantitative estimate of drug-likeness (QED) is 0.135. The number of imide groups is 1. The SMILES string of the molecule is O=C1CCC(N2Cc3c(csc3C3CCN(CCCCOc4ccc([C@@H]5c6ccc(O)cc6CC[C@@H]5c5ccccc5)cc4)CC3)C2=O)C(=O)N1. The van der Waals surface area contributed by atoms with Gasteiger partial charge in [-0.3, -0.25) is 19.7 Å². The lowest BCUT2D eigenvalue weighted by atomic mass is 9.69. The summed E-state index contributed by atoms with van der Waals surface area (Å²) in [5.74, 6) is 1.59. The number of thiophene rings is 1. The third-order valence-electron chi connectivity index (χ3n) is 11.5. The van der Waals surface area contributed by atoms with Gasteiger partial charge in [0.1, 0.15) is 17.5 Å². The number of amides is 3. The summed E-state index contributed by atoms with van der Waals surface area (Å²) in [5.41, 5.74) is 7.01. The van der Waals surface area contributed by atoms with E-state index in [4.69, 9.17) is 4.74 Å². The predicted molar refractivity (Wildman–Crippen MR) is 197 cm³/mol. The molecule has 0 saturated carbocycles. The van der Waals surface area contributed by atoms with Gasteiger partial charge >= 0.3 is 0 Å². The fourth-order valence-electron chi connectivity index (χ4n) is 8.81. The summed E-state index contributed by atoms with van der Waals surface area (Å²) in [5, 5.41) is 14.5. The first kappa shape index (κ1) is 33.7. The number of benzene rings is 3. The second kappa shape index (κ2) is 14.6. The number of ether oxygens (including phenoxy) is 1. The summed E-state index contributed by atoms with van der Waals surface area (Å²) < 4.78 is 6.19. The van der Waals surface area contributed by atoms with Gasteiger partial charge in [0.15, 0.2) is 0 Å². The maximum Gasteiger partial charge on any atom is 0.256 e. The number of rotatable bonds is 10. The van der Waals surface area contributed by atoms with Crippen LogP contribution in [0.15, 0.2) is 78.2 Å². The Kier molecular flexibility index (Phi) is 9.66. The standard InChI is InChI=1S/C42H45N3O5S/c46-31-11-15-34-30(24-31)10-14-33(27-6-2-1-3-7-27)39(34)28-8-12-32(13-9-28)50-23-5-4-20-44-21-18-29(19-22-44)40-35-25-45(42(49)36(35)26-51-40)37-16-17-38(47)43-41(37)48/h1-3,6-9,11-13,15,24,26,29,33,37,39,46H,4-5,10,14,16-23,25H2,(H,43,47,48)/t33-,37?,39+/m1/s1. The van der Waals surface area contributed by atoms with Gasteiger partial charge in [-0.1, -0.05) is 48.5 Å². The lowest BCUT2D eigenvalue weighted by molar-refractivity contribution is -0.136. The zero-order chi connectivity index (χ0) is 34.9. The highest BCUT2D eigenvalue weighted by Crippen LogP contribution is 2.47. The van der Waals surface area contributed by atoms with Gasteiger partial charge < -0.3 is 19.6 Å². The van der Waals surface area contributed by atoms with Gasteiger partial charge in [-0.05, 0) is 128 Å². The van der Waals surface area contributed by atoms with Crippen molar-refractivity contribution in [3.8, 4) is 11.5 Å². The van der Waals surface area contributed by atoms with Crippen molar-refractivity contribution in [1.82, 2.24) is 15.1 Å². The summed E-state index contributed by atoms with van der Waals surface area (Å²) >= 11 is 1.69. The fraction of sp³-hybridized carbons (Fsp3) is 0.405. The highest BCUT2D eigenvalue weighted by molar-refractivity contribution is 7.10. The number of carbonyl (C=O) groups is 3. The highest BCUT2D eigenvalue weighted by Gasteiger charge is 2.41. The van der Waals surface area contributed by atoms with Gasteiger partial charge in [0.05, 0.1) is 12.2 Å². The van der Waals surface area contributed by atoms with E-state index in [1.807, 2.05) is 17.5 Å². The molecule has 1 aliphatic carbocycles. The van der Waals surface area contributed by atoms with Crippen LogP contribution in [-0.2, 0) is 22.6 Å². The van der Waals surface area contributed by atoms with Crippen LogP contribution in [0.3, 0.4) is 0 Å². The first-order chi connectivity index (χ1) is 24.9. The lowest BCUT2D eigenvalue weighted by Gasteiger charge is -2.35. The molecule has 1 unspecified atom stereocenters. The van der Waals surface area contributed by atoms with E-state index in [2.05, 4.69) is 70.9 Å². The van der Waals surface area contributed by atoms with Gasteiger partial charge in [0.25, 0.3) is 5.91 Å². The molecule has 0 spiro atoms. The minimum absolute atomic E-state index is 0.0776. The van der Waals surface area contributed by atoms with Crippen LogP contribution in [0.5, 0.6) is 11.5 Å². The van der Waals surface area contributed by atoms with Gasteiger partial charge in [-0.25, -0.2) is 0 Å². The molecule has 2 fully saturated rings. The summed E-state index contributed by atoms with van der Waals surface area (Å²) in [6.45, 7) is 4.29. The molecule has 0 radical (unpaired) electrons. The van der Waals surface area contributed by atoms with E-state index in [-0.39, 0.29) is 30.1 Å². The van der Waals surface area contributed by atoms with E-state index in [1.54, 1.807) is 16.2 Å². The van der Waals surface area contributed by atoms with Crippen LogP contribution in [0.2, 0.25) is 0 Å². The summed E-state index contributed by atoms with van der Waals surface area (Å²) in [7, 11) is 0. The molecule has 3 aliphatic heterocycles. The first-order valence-electron chi connectivity index (χ1n) is 18.5. The third-order valence-corrected chi connectivity index (χ3v) is 12.7. The first-order valence-corrected chi connectivity index (χ1v) is 19.4. The number of aromatic hydroxyl groups is 1. The smallest absolute Gasteiger partial charge is 0.256 e. The predicted octanol–water partition coefficient (Wildman–Crippen LogP) is 7.12. The van der Waals surface area contributed by atoms with Crippen molar-refractivity contribution in [2.45, 2.75) is 81.7 Å². The number of nitrogens with one attached hydrogen (secondary N) is 1. The topological polar surface area (TPSA) is 99.2 Å². The number of fused-ring (bicyclic) bond motifs is 2. The Balaban J connectivity index is 0.804. The van der Waals surface area contributed by atoms with E-state index in [0.29, 0.717) is 37.2 Å². The van der Waals surface area contributed by atoms with Crippen molar-refractivity contribution in [3.05, 3.63) is 116 Å².